The van der Waals surface area contributed by atoms with Crippen molar-refractivity contribution in [3.63, 3.8) is 0 Å². The standard InChI is InChI=1S/C19H31N3O2/c1-3-20-19(22-12-10-18(14-22)16-23-4-2)21-11-13-24-15-17-8-6-5-7-9-17/h5-9,18H,3-4,10-16H2,1-2H3,(H,20,21). The van der Waals surface area contributed by atoms with Crippen molar-refractivity contribution >= 4 is 5.96 Å². The minimum Gasteiger partial charge on any atom is -0.381 e. The summed E-state index contributed by atoms with van der Waals surface area (Å²) in [6.07, 6.45) is 1.18. The predicted octanol–water partition coefficient (Wildman–Crippen LogP) is 2.53. The topological polar surface area (TPSA) is 46.1 Å². The van der Waals surface area contributed by atoms with Gasteiger partial charge in [0.1, 0.15) is 0 Å². The fourth-order valence-electron chi connectivity index (χ4n) is 2.85. The molecule has 1 heterocycles. The van der Waals surface area contributed by atoms with Crippen LogP contribution in [0.15, 0.2) is 35.3 Å². The highest BCUT2D eigenvalue weighted by Gasteiger charge is 2.24. The molecule has 0 aromatic heterocycles. The molecule has 5 nitrogen and oxygen atoms in total. The number of nitrogens with one attached hydrogen (secondary N) is 1. The van der Waals surface area contributed by atoms with Crippen molar-refractivity contribution in [1.82, 2.24) is 10.2 Å². The molecule has 24 heavy (non-hydrogen) atoms. The molecule has 0 bridgehead atoms. The molecule has 134 valence electrons. The van der Waals surface area contributed by atoms with E-state index in [0.29, 0.717) is 25.7 Å². The van der Waals surface area contributed by atoms with E-state index in [1.165, 1.54) is 12.0 Å². The number of likely N-dealkylation sites (tertiary alicyclic amines) is 1. The van der Waals surface area contributed by atoms with Crippen molar-refractivity contribution in [3.8, 4) is 0 Å². The number of benzene rings is 1. The monoisotopic (exact) mass is 333 g/mol. The zero-order valence-corrected chi connectivity index (χ0v) is 15.0. The highest BCUT2D eigenvalue weighted by Crippen LogP contribution is 2.16. The minimum absolute atomic E-state index is 0.614. The van der Waals surface area contributed by atoms with E-state index >= 15 is 0 Å². The Morgan fingerprint density at radius 1 is 1.25 bits per heavy atom. The zero-order valence-electron chi connectivity index (χ0n) is 15.0. The minimum atomic E-state index is 0.614. The Labute approximate surface area is 146 Å². The molecule has 1 atom stereocenters. The molecule has 1 unspecified atom stereocenters. The molecule has 0 amide bonds. The van der Waals surface area contributed by atoms with Crippen LogP contribution < -0.4 is 5.32 Å². The van der Waals surface area contributed by atoms with E-state index in [2.05, 4.69) is 29.3 Å². The van der Waals surface area contributed by atoms with Crippen LogP contribution in [0.4, 0.5) is 0 Å². The van der Waals surface area contributed by atoms with Crippen LogP contribution in [0.25, 0.3) is 0 Å². The lowest BCUT2D eigenvalue weighted by molar-refractivity contribution is 0.114. The summed E-state index contributed by atoms with van der Waals surface area (Å²) < 4.78 is 11.3. The number of hydrogen-bond acceptors (Lipinski definition) is 3. The van der Waals surface area contributed by atoms with Crippen LogP contribution in [-0.2, 0) is 16.1 Å². The van der Waals surface area contributed by atoms with Gasteiger partial charge in [0, 0.05) is 32.2 Å². The van der Waals surface area contributed by atoms with Crippen LogP contribution in [0.3, 0.4) is 0 Å². The van der Waals surface area contributed by atoms with Crippen LogP contribution in [0, 0.1) is 5.92 Å². The summed E-state index contributed by atoms with van der Waals surface area (Å²) in [6, 6.07) is 10.2. The highest BCUT2D eigenvalue weighted by molar-refractivity contribution is 5.80. The molecular formula is C19H31N3O2. The van der Waals surface area contributed by atoms with Crippen molar-refractivity contribution in [2.75, 3.05) is 46.0 Å². The Hall–Kier alpha value is -1.59. The van der Waals surface area contributed by atoms with Crippen molar-refractivity contribution in [1.29, 1.82) is 0 Å². The summed E-state index contributed by atoms with van der Waals surface area (Å²) in [5.41, 5.74) is 1.20. The lowest BCUT2D eigenvalue weighted by Gasteiger charge is -2.21. The molecule has 1 aliphatic heterocycles. The van der Waals surface area contributed by atoms with Crippen molar-refractivity contribution in [2.45, 2.75) is 26.9 Å². The van der Waals surface area contributed by atoms with E-state index in [0.717, 1.165) is 38.8 Å². The SMILES string of the molecule is CCNC(=NCCOCc1ccccc1)N1CCC(COCC)C1. The fourth-order valence-corrected chi connectivity index (χ4v) is 2.85. The Morgan fingerprint density at radius 2 is 2.08 bits per heavy atom. The first-order valence-corrected chi connectivity index (χ1v) is 9.06. The van der Waals surface area contributed by atoms with Gasteiger partial charge < -0.3 is 19.7 Å². The number of nitrogens with zero attached hydrogens (tertiary/aromatic N) is 2. The number of ether oxygens (including phenoxy) is 2. The third-order valence-electron chi connectivity index (χ3n) is 4.09. The Morgan fingerprint density at radius 3 is 2.83 bits per heavy atom. The second-order valence-corrected chi connectivity index (χ2v) is 6.03. The number of aliphatic imine (C=N–C) groups is 1. The largest absolute Gasteiger partial charge is 0.381 e. The van der Waals surface area contributed by atoms with Crippen LogP contribution in [0.2, 0.25) is 0 Å². The molecule has 0 aliphatic carbocycles. The average molecular weight is 333 g/mol. The Bertz CT molecular complexity index is 479. The molecule has 1 aliphatic rings. The molecule has 1 fully saturated rings. The van der Waals surface area contributed by atoms with Crippen molar-refractivity contribution in [3.05, 3.63) is 35.9 Å². The van der Waals surface area contributed by atoms with E-state index in [1.807, 2.05) is 25.1 Å². The Kier molecular flexibility index (Phi) is 8.63. The third-order valence-corrected chi connectivity index (χ3v) is 4.09. The summed E-state index contributed by atoms with van der Waals surface area (Å²) in [7, 11) is 0. The molecule has 0 saturated carbocycles. The first kappa shape index (κ1) is 18.7. The van der Waals surface area contributed by atoms with Crippen LogP contribution >= 0.6 is 0 Å². The van der Waals surface area contributed by atoms with Crippen molar-refractivity contribution < 1.29 is 9.47 Å². The number of guanidine groups is 1. The highest BCUT2D eigenvalue weighted by atomic mass is 16.5. The van der Waals surface area contributed by atoms with Gasteiger partial charge in [0.25, 0.3) is 0 Å². The average Bonchev–Trinajstić information content (AvgIpc) is 3.08. The second kappa shape index (κ2) is 11.0. The maximum absolute atomic E-state index is 5.71. The lowest BCUT2D eigenvalue weighted by atomic mass is 10.1. The molecule has 0 radical (unpaired) electrons. The van der Waals surface area contributed by atoms with Gasteiger partial charge in [-0.1, -0.05) is 30.3 Å². The maximum atomic E-state index is 5.71. The summed E-state index contributed by atoms with van der Waals surface area (Å²) in [6.45, 7) is 10.7. The second-order valence-electron chi connectivity index (χ2n) is 6.03. The van der Waals surface area contributed by atoms with Crippen molar-refractivity contribution in [2.24, 2.45) is 10.9 Å². The number of hydrogen-bond donors (Lipinski definition) is 1. The molecular weight excluding hydrogens is 302 g/mol. The molecule has 0 spiro atoms. The quantitative estimate of drug-likeness (QED) is 0.428. The van der Waals surface area contributed by atoms with Gasteiger partial charge in [-0.3, -0.25) is 4.99 Å². The van der Waals surface area contributed by atoms with Gasteiger partial charge in [0.15, 0.2) is 5.96 Å². The molecule has 1 aromatic carbocycles. The first-order valence-electron chi connectivity index (χ1n) is 9.06. The fraction of sp³-hybridized carbons (Fsp3) is 0.632. The summed E-state index contributed by atoms with van der Waals surface area (Å²) in [5, 5.41) is 3.39. The smallest absolute Gasteiger partial charge is 0.194 e. The van der Waals surface area contributed by atoms with E-state index in [1.54, 1.807) is 0 Å². The molecule has 1 aromatic rings. The number of rotatable bonds is 9. The van der Waals surface area contributed by atoms with Gasteiger partial charge in [-0.2, -0.15) is 0 Å². The van der Waals surface area contributed by atoms with Crippen LogP contribution in [0.5, 0.6) is 0 Å². The lowest BCUT2D eigenvalue weighted by Crippen LogP contribution is -2.40. The molecule has 1 N–H and O–H groups in total. The van der Waals surface area contributed by atoms with E-state index in [-0.39, 0.29) is 0 Å². The molecule has 5 heteroatoms. The van der Waals surface area contributed by atoms with E-state index in [4.69, 9.17) is 14.5 Å². The zero-order chi connectivity index (χ0) is 17.0. The van der Waals surface area contributed by atoms with Crippen LogP contribution in [-0.4, -0.2) is 56.9 Å². The Balaban J connectivity index is 1.72. The van der Waals surface area contributed by atoms with Gasteiger partial charge >= 0.3 is 0 Å². The van der Waals surface area contributed by atoms with Gasteiger partial charge in [0.05, 0.1) is 26.4 Å². The van der Waals surface area contributed by atoms with Gasteiger partial charge in [-0.15, -0.1) is 0 Å². The summed E-state index contributed by atoms with van der Waals surface area (Å²) >= 11 is 0. The van der Waals surface area contributed by atoms with Gasteiger partial charge in [-0.05, 0) is 25.8 Å². The predicted molar refractivity (Wildman–Crippen MR) is 98.2 cm³/mol. The maximum Gasteiger partial charge on any atom is 0.194 e. The van der Waals surface area contributed by atoms with Crippen LogP contribution in [0.1, 0.15) is 25.8 Å². The van der Waals surface area contributed by atoms with E-state index in [9.17, 15) is 0 Å². The van der Waals surface area contributed by atoms with Gasteiger partial charge in [0.2, 0.25) is 0 Å². The molecule has 2 rings (SSSR count). The normalized spacial score (nSPS) is 18.2. The van der Waals surface area contributed by atoms with Gasteiger partial charge in [-0.25, -0.2) is 0 Å². The van der Waals surface area contributed by atoms with E-state index < -0.39 is 0 Å². The summed E-state index contributed by atoms with van der Waals surface area (Å²) in [5.74, 6) is 1.61. The summed E-state index contributed by atoms with van der Waals surface area (Å²) in [4.78, 5) is 7.04. The first-order chi connectivity index (χ1) is 11.8. The third kappa shape index (κ3) is 6.49. The molecule has 1 saturated heterocycles.